The van der Waals surface area contributed by atoms with Gasteiger partial charge in [0.2, 0.25) is 0 Å². The van der Waals surface area contributed by atoms with Crippen molar-refractivity contribution in [1.29, 1.82) is 0 Å². The SMILES string of the molecule is C=C(NC(=O)C(F)(F)F)c1ccc(C(=O)OC)cc1. The molecule has 0 aliphatic heterocycles. The summed E-state index contributed by atoms with van der Waals surface area (Å²) in [5.41, 5.74) is 0.283. The topological polar surface area (TPSA) is 55.4 Å². The van der Waals surface area contributed by atoms with Gasteiger partial charge in [0.05, 0.1) is 12.7 Å². The van der Waals surface area contributed by atoms with Crippen molar-refractivity contribution in [2.45, 2.75) is 6.18 Å². The molecule has 0 spiro atoms. The van der Waals surface area contributed by atoms with Crippen LogP contribution in [0.5, 0.6) is 0 Å². The van der Waals surface area contributed by atoms with Gasteiger partial charge in [0, 0.05) is 5.70 Å². The van der Waals surface area contributed by atoms with Gasteiger partial charge in [-0.05, 0) is 17.7 Å². The molecule has 0 radical (unpaired) electrons. The summed E-state index contributed by atoms with van der Waals surface area (Å²) >= 11 is 0. The molecule has 1 amide bonds. The number of halogens is 3. The number of alkyl halides is 3. The average Bonchev–Trinajstić information content (AvgIpc) is 2.36. The monoisotopic (exact) mass is 273 g/mol. The summed E-state index contributed by atoms with van der Waals surface area (Å²) in [6.45, 7) is 3.32. The molecule has 1 aromatic rings. The molecule has 19 heavy (non-hydrogen) atoms. The largest absolute Gasteiger partial charge is 0.471 e. The number of carbonyl (C=O) groups excluding carboxylic acids is 2. The van der Waals surface area contributed by atoms with E-state index in [9.17, 15) is 22.8 Å². The lowest BCUT2D eigenvalue weighted by Crippen LogP contribution is -2.35. The summed E-state index contributed by atoms with van der Waals surface area (Å²) in [4.78, 5) is 21.8. The third kappa shape index (κ3) is 3.84. The molecule has 0 unspecified atom stereocenters. The lowest BCUT2D eigenvalue weighted by atomic mass is 10.1. The van der Waals surface area contributed by atoms with Crippen LogP contribution >= 0.6 is 0 Å². The minimum atomic E-state index is -4.98. The van der Waals surface area contributed by atoms with Crippen LogP contribution < -0.4 is 5.32 Å². The molecular weight excluding hydrogens is 263 g/mol. The van der Waals surface area contributed by atoms with Crippen LogP contribution in [0.3, 0.4) is 0 Å². The Morgan fingerprint density at radius 1 is 1.16 bits per heavy atom. The van der Waals surface area contributed by atoms with Gasteiger partial charge >= 0.3 is 18.1 Å². The average molecular weight is 273 g/mol. The van der Waals surface area contributed by atoms with E-state index in [2.05, 4.69) is 11.3 Å². The number of nitrogens with one attached hydrogen (secondary N) is 1. The Morgan fingerprint density at radius 3 is 2.05 bits per heavy atom. The van der Waals surface area contributed by atoms with Crippen LogP contribution in [0.2, 0.25) is 0 Å². The highest BCUT2D eigenvalue weighted by Gasteiger charge is 2.38. The molecular formula is C12H10F3NO3. The van der Waals surface area contributed by atoms with Crippen LogP contribution in [0.25, 0.3) is 5.70 Å². The molecule has 0 aliphatic rings. The second-order valence-electron chi connectivity index (χ2n) is 3.50. The molecule has 1 rings (SSSR count). The zero-order chi connectivity index (χ0) is 14.6. The lowest BCUT2D eigenvalue weighted by Gasteiger charge is -2.10. The van der Waals surface area contributed by atoms with Gasteiger partial charge in [0.15, 0.2) is 0 Å². The summed E-state index contributed by atoms with van der Waals surface area (Å²) in [7, 11) is 1.21. The quantitative estimate of drug-likeness (QED) is 0.858. The fraction of sp³-hybridized carbons (Fsp3) is 0.167. The number of benzene rings is 1. The Balaban J connectivity index is 2.79. The highest BCUT2D eigenvalue weighted by atomic mass is 19.4. The number of ether oxygens (including phenoxy) is 1. The second-order valence-corrected chi connectivity index (χ2v) is 3.50. The summed E-state index contributed by atoms with van der Waals surface area (Å²) in [6, 6.07) is 5.41. The van der Waals surface area contributed by atoms with E-state index >= 15 is 0 Å². The predicted molar refractivity (Wildman–Crippen MR) is 61.0 cm³/mol. The van der Waals surface area contributed by atoms with Gasteiger partial charge in [-0.2, -0.15) is 13.2 Å². The molecule has 0 aliphatic carbocycles. The Hall–Kier alpha value is -2.31. The fourth-order valence-electron chi connectivity index (χ4n) is 1.21. The van der Waals surface area contributed by atoms with E-state index in [4.69, 9.17) is 0 Å². The van der Waals surface area contributed by atoms with Crippen LogP contribution in [-0.2, 0) is 9.53 Å². The third-order valence-electron chi connectivity index (χ3n) is 2.18. The van der Waals surface area contributed by atoms with Crippen molar-refractivity contribution in [2.75, 3.05) is 7.11 Å². The van der Waals surface area contributed by atoms with Gasteiger partial charge in [0.25, 0.3) is 0 Å². The standard InChI is InChI=1S/C12H10F3NO3/c1-7(16-11(18)12(13,14)15)8-3-5-9(6-4-8)10(17)19-2/h3-6H,1H2,2H3,(H,16,18). The molecule has 1 N–H and O–H groups in total. The summed E-state index contributed by atoms with van der Waals surface area (Å²) < 4.78 is 40.5. The molecule has 0 bridgehead atoms. The van der Waals surface area contributed by atoms with Crippen molar-refractivity contribution < 1.29 is 27.5 Å². The second kappa shape index (κ2) is 5.55. The highest BCUT2D eigenvalue weighted by molar-refractivity contribution is 5.91. The molecule has 0 saturated heterocycles. The van der Waals surface area contributed by atoms with Crippen molar-refractivity contribution in [2.24, 2.45) is 0 Å². The number of hydrogen-bond acceptors (Lipinski definition) is 3. The minimum absolute atomic E-state index is 0.209. The normalized spacial score (nSPS) is 10.7. The Labute approximate surface area is 106 Å². The first-order valence-electron chi connectivity index (χ1n) is 5.01. The number of hydrogen-bond donors (Lipinski definition) is 1. The van der Waals surface area contributed by atoms with Crippen LogP contribution in [0.15, 0.2) is 30.8 Å². The summed E-state index contributed by atoms with van der Waals surface area (Å²) in [5.74, 6) is -2.67. The zero-order valence-electron chi connectivity index (χ0n) is 9.88. The number of amides is 1. The summed E-state index contributed by atoms with van der Waals surface area (Å²) in [6.07, 6.45) is -4.98. The molecule has 0 atom stereocenters. The van der Waals surface area contributed by atoms with Gasteiger partial charge in [0.1, 0.15) is 0 Å². The van der Waals surface area contributed by atoms with Crippen molar-refractivity contribution in [3.05, 3.63) is 42.0 Å². The predicted octanol–water partition coefficient (Wildman–Crippen LogP) is 2.12. The van der Waals surface area contributed by atoms with Gasteiger partial charge in [-0.3, -0.25) is 4.79 Å². The Morgan fingerprint density at radius 2 is 1.63 bits per heavy atom. The molecule has 4 nitrogen and oxygen atoms in total. The minimum Gasteiger partial charge on any atom is -0.465 e. The van der Waals surface area contributed by atoms with E-state index in [-0.39, 0.29) is 16.8 Å². The van der Waals surface area contributed by atoms with Gasteiger partial charge in [-0.15, -0.1) is 0 Å². The van der Waals surface area contributed by atoms with E-state index in [0.29, 0.717) is 0 Å². The Bertz CT molecular complexity index is 506. The first kappa shape index (κ1) is 14.7. The zero-order valence-corrected chi connectivity index (χ0v) is 9.88. The number of esters is 1. The number of carbonyl (C=O) groups is 2. The third-order valence-corrected chi connectivity index (χ3v) is 2.18. The van der Waals surface area contributed by atoms with Gasteiger partial charge in [-0.1, -0.05) is 18.7 Å². The number of rotatable bonds is 3. The van der Waals surface area contributed by atoms with Gasteiger partial charge in [-0.25, -0.2) is 4.79 Å². The molecule has 0 fully saturated rings. The van der Waals surface area contributed by atoms with Crippen LogP contribution in [-0.4, -0.2) is 25.2 Å². The van der Waals surface area contributed by atoms with Crippen molar-refractivity contribution in [3.8, 4) is 0 Å². The van der Waals surface area contributed by atoms with Crippen LogP contribution in [0.4, 0.5) is 13.2 Å². The molecule has 1 aromatic carbocycles. The maximum atomic E-state index is 12.0. The Kier molecular flexibility index (Phi) is 4.31. The summed E-state index contributed by atoms with van der Waals surface area (Å²) in [5, 5.41) is 1.62. The molecule has 0 heterocycles. The van der Waals surface area contributed by atoms with Crippen molar-refractivity contribution >= 4 is 17.6 Å². The van der Waals surface area contributed by atoms with Crippen LogP contribution in [0, 0.1) is 0 Å². The first-order chi connectivity index (χ1) is 8.75. The van der Waals surface area contributed by atoms with Gasteiger partial charge < -0.3 is 10.1 Å². The van der Waals surface area contributed by atoms with E-state index in [0.717, 1.165) is 0 Å². The van der Waals surface area contributed by atoms with Crippen molar-refractivity contribution in [1.82, 2.24) is 5.32 Å². The van der Waals surface area contributed by atoms with E-state index in [1.807, 2.05) is 0 Å². The van der Waals surface area contributed by atoms with E-state index in [1.54, 1.807) is 5.32 Å². The van der Waals surface area contributed by atoms with Crippen LogP contribution in [0.1, 0.15) is 15.9 Å². The van der Waals surface area contributed by atoms with Crippen molar-refractivity contribution in [3.63, 3.8) is 0 Å². The maximum Gasteiger partial charge on any atom is 0.471 e. The molecule has 0 saturated carbocycles. The van der Waals surface area contributed by atoms with E-state index < -0.39 is 18.1 Å². The lowest BCUT2D eigenvalue weighted by molar-refractivity contribution is -0.172. The highest BCUT2D eigenvalue weighted by Crippen LogP contribution is 2.17. The smallest absolute Gasteiger partial charge is 0.465 e. The van der Waals surface area contributed by atoms with E-state index in [1.165, 1.54) is 31.4 Å². The maximum absolute atomic E-state index is 12.0. The molecule has 0 aromatic heterocycles. The molecule has 7 heteroatoms. The molecule has 102 valence electrons. The number of methoxy groups -OCH3 is 1. The first-order valence-corrected chi connectivity index (χ1v) is 5.01. The fourth-order valence-corrected chi connectivity index (χ4v) is 1.21.